The van der Waals surface area contributed by atoms with Crippen LogP contribution in [0, 0.1) is 5.92 Å². The van der Waals surface area contributed by atoms with Gasteiger partial charge < -0.3 is 25.0 Å². The summed E-state index contributed by atoms with van der Waals surface area (Å²) in [5.41, 5.74) is -0.0756. The molecule has 40 heavy (non-hydrogen) atoms. The van der Waals surface area contributed by atoms with Gasteiger partial charge in [0.15, 0.2) is 0 Å². The number of nitrogens with zero attached hydrogens (tertiary/aromatic N) is 1. The minimum Gasteiger partial charge on any atom is -0.466 e. The number of amides is 3. The zero-order valence-electron chi connectivity index (χ0n) is 25.6. The highest BCUT2D eigenvalue weighted by Crippen LogP contribution is 2.25. The van der Waals surface area contributed by atoms with E-state index in [2.05, 4.69) is 17.6 Å². The minimum absolute atomic E-state index is 0.0291. The van der Waals surface area contributed by atoms with E-state index < -0.39 is 35.7 Å². The largest absolute Gasteiger partial charge is 0.466 e. The number of carbonyl (C=O) groups excluding carboxylic acids is 4. The molecule has 0 spiro atoms. The molecule has 0 saturated carbocycles. The molecular formula is C31H51N3O6. The Kier molecular flexibility index (Phi) is 16.0. The normalized spacial score (nSPS) is 12.8. The molecule has 0 aromatic heterocycles. The highest BCUT2D eigenvalue weighted by molar-refractivity contribution is 5.92. The zero-order valence-corrected chi connectivity index (χ0v) is 25.6. The predicted octanol–water partition coefficient (Wildman–Crippen LogP) is 5.54. The van der Waals surface area contributed by atoms with Gasteiger partial charge in [-0.1, -0.05) is 83.2 Å². The maximum Gasteiger partial charge on any atom is 0.408 e. The smallest absolute Gasteiger partial charge is 0.408 e. The number of carbonyl (C=O) groups is 4. The molecule has 0 fully saturated rings. The van der Waals surface area contributed by atoms with Gasteiger partial charge in [0.25, 0.3) is 0 Å². The maximum atomic E-state index is 14.1. The van der Waals surface area contributed by atoms with Crippen LogP contribution in [0.25, 0.3) is 0 Å². The van der Waals surface area contributed by atoms with Crippen LogP contribution in [-0.4, -0.2) is 60.1 Å². The Morgan fingerprint density at radius 2 is 1.55 bits per heavy atom. The molecular weight excluding hydrogens is 510 g/mol. The highest BCUT2D eigenvalue weighted by atomic mass is 16.6. The summed E-state index contributed by atoms with van der Waals surface area (Å²) >= 11 is 0. The fraction of sp³-hybridized carbons (Fsp3) is 0.677. The average molecular weight is 562 g/mol. The molecule has 0 bridgehead atoms. The van der Waals surface area contributed by atoms with Crippen molar-refractivity contribution in [2.75, 3.05) is 19.7 Å². The first-order chi connectivity index (χ1) is 18.9. The van der Waals surface area contributed by atoms with Crippen molar-refractivity contribution >= 4 is 23.9 Å². The first-order valence-corrected chi connectivity index (χ1v) is 14.7. The van der Waals surface area contributed by atoms with Crippen LogP contribution in [0.1, 0.15) is 105 Å². The summed E-state index contributed by atoms with van der Waals surface area (Å²) in [4.78, 5) is 53.8. The fourth-order valence-corrected chi connectivity index (χ4v) is 4.28. The Labute approximate surface area is 240 Å². The van der Waals surface area contributed by atoms with E-state index in [1.165, 1.54) is 0 Å². The van der Waals surface area contributed by atoms with Crippen LogP contribution >= 0.6 is 0 Å². The summed E-state index contributed by atoms with van der Waals surface area (Å²) in [6.07, 6.45) is 5.44. The maximum absolute atomic E-state index is 14.1. The van der Waals surface area contributed by atoms with E-state index in [0.29, 0.717) is 18.5 Å². The van der Waals surface area contributed by atoms with Crippen LogP contribution in [-0.2, 0) is 23.9 Å². The molecule has 2 unspecified atom stereocenters. The molecule has 9 heteroatoms. The second-order valence-electron chi connectivity index (χ2n) is 11.3. The van der Waals surface area contributed by atoms with E-state index in [9.17, 15) is 19.2 Å². The van der Waals surface area contributed by atoms with Gasteiger partial charge >= 0.3 is 12.1 Å². The van der Waals surface area contributed by atoms with E-state index in [0.717, 1.165) is 32.1 Å². The number of hydrogen-bond donors (Lipinski definition) is 2. The molecule has 0 radical (unpaired) electrons. The summed E-state index contributed by atoms with van der Waals surface area (Å²) in [5.74, 6) is -1.41. The summed E-state index contributed by atoms with van der Waals surface area (Å²) in [7, 11) is 0. The Hall–Kier alpha value is -3.10. The Bertz CT molecular complexity index is 913. The summed E-state index contributed by atoms with van der Waals surface area (Å²) in [6, 6.07) is 7.27. The minimum atomic E-state index is -0.937. The van der Waals surface area contributed by atoms with Crippen molar-refractivity contribution in [2.24, 2.45) is 5.92 Å². The lowest BCUT2D eigenvalue weighted by atomic mass is 9.98. The van der Waals surface area contributed by atoms with E-state index in [-0.39, 0.29) is 31.4 Å². The van der Waals surface area contributed by atoms with Crippen LogP contribution in [0.15, 0.2) is 30.3 Å². The summed E-state index contributed by atoms with van der Waals surface area (Å²) in [5, 5.41) is 5.56. The van der Waals surface area contributed by atoms with Gasteiger partial charge in [0.05, 0.1) is 13.0 Å². The van der Waals surface area contributed by atoms with E-state index in [4.69, 9.17) is 9.47 Å². The van der Waals surface area contributed by atoms with Crippen molar-refractivity contribution in [1.82, 2.24) is 15.5 Å². The van der Waals surface area contributed by atoms with Crippen LogP contribution in [0.4, 0.5) is 4.79 Å². The van der Waals surface area contributed by atoms with Gasteiger partial charge in [-0.25, -0.2) is 4.79 Å². The molecule has 2 N–H and O–H groups in total. The quantitative estimate of drug-likeness (QED) is 0.191. The third-order valence-corrected chi connectivity index (χ3v) is 6.25. The molecule has 1 aromatic rings. The number of ether oxygens (including phenoxy) is 2. The summed E-state index contributed by atoms with van der Waals surface area (Å²) < 4.78 is 10.4. The molecule has 9 nitrogen and oxygen atoms in total. The predicted molar refractivity (Wildman–Crippen MR) is 157 cm³/mol. The van der Waals surface area contributed by atoms with E-state index in [1.54, 1.807) is 32.6 Å². The van der Waals surface area contributed by atoms with Crippen LogP contribution in [0.5, 0.6) is 0 Å². The number of benzene rings is 1. The van der Waals surface area contributed by atoms with E-state index in [1.807, 2.05) is 44.2 Å². The van der Waals surface area contributed by atoms with Gasteiger partial charge in [-0.2, -0.15) is 0 Å². The average Bonchev–Trinajstić information content (AvgIpc) is 2.87. The number of alkyl carbamates (subject to hydrolysis) is 1. The lowest BCUT2D eigenvalue weighted by Crippen LogP contribution is -2.55. The lowest BCUT2D eigenvalue weighted by Gasteiger charge is -2.35. The Balaban J connectivity index is 3.30. The third-order valence-electron chi connectivity index (χ3n) is 6.25. The topological polar surface area (TPSA) is 114 Å². The zero-order chi connectivity index (χ0) is 30.1. The van der Waals surface area contributed by atoms with Gasteiger partial charge in [-0.3, -0.25) is 14.4 Å². The third kappa shape index (κ3) is 13.3. The number of rotatable bonds is 17. The molecule has 0 aliphatic rings. The van der Waals surface area contributed by atoms with Crippen molar-refractivity contribution < 1.29 is 28.7 Å². The Morgan fingerprint density at radius 3 is 2.12 bits per heavy atom. The van der Waals surface area contributed by atoms with Crippen LogP contribution in [0.3, 0.4) is 0 Å². The first kappa shape index (κ1) is 34.9. The van der Waals surface area contributed by atoms with Crippen LogP contribution < -0.4 is 10.6 Å². The molecule has 3 amide bonds. The van der Waals surface area contributed by atoms with Gasteiger partial charge in [-0.05, 0) is 45.6 Å². The standard InChI is InChI=1S/C31H51N3O6/c1-8-10-11-12-13-17-22-34(29(37)26(23(3)4)33-30(38)40-31(5,6)7)27(24-18-15-14-16-19-24)28(36)32-21-20-25(35)39-9-2/h14-16,18-19,23,26-27H,8-13,17,20-22H2,1-7H3,(H,32,36)(H,33,38). The highest BCUT2D eigenvalue weighted by Gasteiger charge is 2.37. The first-order valence-electron chi connectivity index (χ1n) is 14.7. The van der Waals surface area contributed by atoms with Gasteiger partial charge in [-0.15, -0.1) is 0 Å². The number of hydrogen-bond acceptors (Lipinski definition) is 6. The number of nitrogens with one attached hydrogen (secondary N) is 2. The van der Waals surface area contributed by atoms with Gasteiger partial charge in [0, 0.05) is 13.1 Å². The molecule has 0 heterocycles. The molecule has 0 aliphatic carbocycles. The Morgan fingerprint density at radius 1 is 0.925 bits per heavy atom. The molecule has 226 valence electrons. The molecule has 0 aliphatic heterocycles. The van der Waals surface area contributed by atoms with Crippen molar-refractivity contribution in [3.8, 4) is 0 Å². The molecule has 2 atom stereocenters. The van der Waals surface area contributed by atoms with Crippen molar-refractivity contribution in [2.45, 2.75) is 111 Å². The fourth-order valence-electron chi connectivity index (χ4n) is 4.28. The van der Waals surface area contributed by atoms with Crippen molar-refractivity contribution in [1.29, 1.82) is 0 Å². The van der Waals surface area contributed by atoms with Gasteiger partial charge in [0.2, 0.25) is 11.8 Å². The van der Waals surface area contributed by atoms with Crippen LogP contribution in [0.2, 0.25) is 0 Å². The number of unbranched alkanes of at least 4 members (excludes halogenated alkanes) is 5. The molecule has 1 rings (SSSR count). The molecule has 0 saturated heterocycles. The monoisotopic (exact) mass is 561 g/mol. The van der Waals surface area contributed by atoms with Crippen molar-refractivity contribution in [3.05, 3.63) is 35.9 Å². The lowest BCUT2D eigenvalue weighted by molar-refractivity contribution is -0.144. The van der Waals surface area contributed by atoms with Gasteiger partial charge in [0.1, 0.15) is 17.7 Å². The van der Waals surface area contributed by atoms with Crippen molar-refractivity contribution in [3.63, 3.8) is 0 Å². The SMILES string of the molecule is CCCCCCCCN(C(=O)C(NC(=O)OC(C)(C)C)C(C)C)C(C(=O)NCCC(=O)OCC)c1ccccc1. The van der Waals surface area contributed by atoms with E-state index >= 15 is 0 Å². The molecule has 1 aromatic carbocycles. The second kappa shape index (κ2) is 18.3. The number of esters is 1. The summed E-state index contributed by atoms with van der Waals surface area (Å²) in [6.45, 7) is 13.6. The second-order valence-corrected chi connectivity index (χ2v) is 11.3.